The molecule has 0 amide bonds. The van der Waals surface area contributed by atoms with Crippen LogP contribution < -0.4 is 0 Å². The predicted octanol–water partition coefficient (Wildman–Crippen LogP) is 3.67. The Balaban J connectivity index is 2.30. The standard InChI is InChI=1S/C16H20O/c1-12(2)16(17)10-9-15(13(3)11-16)14-7-5-4-6-8-14/h4-12,15,17H,1-3H3. The van der Waals surface area contributed by atoms with E-state index >= 15 is 0 Å². The van der Waals surface area contributed by atoms with E-state index in [2.05, 4.69) is 37.3 Å². The van der Waals surface area contributed by atoms with Crippen LogP contribution in [0, 0.1) is 5.92 Å². The molecule has 0 spiro atoms. The molecule has 1 aliphatic carbocycles. The minimum Gasteiger partial charge on any atom is -0.381 e. The molecule has 1 aliphatic rings. The molecule has 1 nitrogen and oxygen atoms in total. The molecule has 17 heavy (non-hydrogen) atoms. The predicted molar refractivity (Wildman–Crippen MR) is 71.9 cm³/mol. The summed E-state index contributed by atoms with van der Waals surface area (Å²) in [6, 6.07) is 10.4. The lowest BCUT2D eigenvalue weighted by Crippen LogP contribution is -2.32. The van der Waals surface area contributed by atoms with Gasteiger partial charge in [-0.05, 0) is 24.5 Å². The lowest BCUT2D eigenvalue weighted by atomic mass is 9.78. The fourth-order valence-corrected chi connectivity index (χ4v) is 2.30. The highest BCUT2D eigenvalue weighted by atomic mass is 16.3. The molecule has 0 saturated carbocycles. The van der Waals surface area contributed by atoms with Gasteiger partial charge < -0.3 is 5.11 Å². The Morgan fingerprint density at radius 3 is 2.35 bits per heavy atom. The van der Waals surface area contributed by atoms with Gasteiger partial charge in [-0.15, -0.1) is 0 Å². The van der Waals surface area contributed by atoms with Gasteiger partial charge in [-0.1, -0.05) is 61.9 Å². The van der Waals surface area contributed by atoms with Gasteiger partial charge in [0.15, 0.2) is 0 Å². The Morgan fingerprint density at radius 2 is 1.82 bits per heavy atom. The van der Waals surface area contributed by atoms with Gasteiger partial charge in [0.05, 0.1) is 0 Å². The molecule has 1 N–H and O–H groups in total. The van der Waals surface area contributed by atoms with Gasteiger partial charge >= 0.3 is 0 Å². The quantitative estimate of drug-likeness (QED) is 0.766. The van der Waals surface area contributed by atoms with Crippen molar-refractivity contribution < 1.29 is 5.11 Å². The van der Waals surface area contributed by atoms with E-state index < -0.39 is 5.60 Å². The Bertz CT molecular complexity index is 442. The Hall–Kier alpha value is -1.34. The summed E-state index contributed by atoms with van der Waals surface area (Å²) in [5, 5.41) is 10.4. The minimum absolute atomic E-state index is 0.199. The van der Waals surface area contributed by atoms with Gasteiger partial charge in [-0.2, -0.15) is 0 Å². The van der Waals surface area contributed by atoms with Crippen molar-refractivity contribution in [3.05, 3.63) is 59.7 Å². The summed E-state index contributed by atoms with van der Waals surface area (Å²) in [6.45, 7) is 6.17. The van der Waals surface area contributed by atoms with Crippen LogP contribution in [0.25, 0.3) is 0 Å². The van der Waals surface area contributed by atoms with Crippen LogP contribution in [0.3, 0.4) is 0 Å². The Labute approximate surface area is 103 Å². The number of hydrogen-bond acceptors (Lipinski definition) is 1. The highest BCUT2D eigenvalue weighted by Crippen LogP contribution is 2.35. The summed E-state index contributed by atoms with van der Waals surface area (Å²) in [5.41, 5.74) is 1.72. The molecule has 2 atom stereocenters. The first kappa shape index (κ1) is 12.1. The van der Waals surface area contributed by atoms with Crippen LogP contribution in [-0.4, -0.2) is 10.7 Å². The van der Waals surface area contributed by atoms with Crippen molar-refractivity contribution in [3.63, 3.8) is 0 Å². The van der Waals surface area contributed by atoms with Crippen molar-refractivity contribution in [2.24, 2.45) is 5.92 Å². The molecule has 1 aromatic carbocycles. The van der Waals surface area contributed by atoms with Crippen molar-refractivity contribution >= 4 is 0 Å². The Kier molecular flexibility index (Phi) is 3.21. The molecule has 0 fully saturated rings. The summed E-state index contributed by atoms with van der Waals surface area (Å²) in [6.07, 6.45) is 6.04. The van der Waals surface area contributed by atoms with Gasteiger partial charge in [-0.25, -0.2) is 0 Å². The zero-order valence-corrected chi connectivity index (χ0v) is 10.7. The van der Waals surface area contributed by atoms with Gasteiger partial charge in [0.25, 0.3) is 0 Å². The smallest absolute Gasteiger partial charge is 0.103 e. The fraction of sp³-hybridized carbons (Fsp3) is 0.375. The largest absolute Gasteiger partial charge is 0.381 e. The third-order valence-corrected chi connectivity index (χ3v) is 3.59. The monoisotopic (exact) mass is 228 g/mol. The lowest BCUT2D eigenvalue weighted by Gasteiger charge is -2.32. The van der Waals surface area contributed by atoms with Crippen LogP contribution in [0.2, 0.25) is 0 Å². The van der Waals surface area contributed by atoms with Crippen LogP contribution in [-0.2, 0) is 0 Å². The minimum atomic E-state index is -0.782. The first-order chi connectivity index (χ1) is 8.03. The van der Waals surface area contributed by atoms with Crippen molar-refractivity contribution in [1.29, 1.82) is 0 Å². The number of hydrogen-bond donors (Lipinski definition) is 1. The fourth-order valence-electron chi connectivity index (χ4n) is 2.30. The maximum Gasteiger partial charge on any atom is 0.103 e. The molecule has 0 aromatic heterocycles. The van der Waals surface area contributed by atoms with Crippen molar-refractivity contribution in [2.75, 3.05) is 0 Å². The molecule has 1 aromatic rings. The number of rotatable bonds is 2. The van der Waals surface area contributed by atoms with Crippen LogP contribution in [0.4, 0.5) is 0 Å². The van der Waals surface area contributed by atoms with Crippen molar-refractivity contribution in [1.82, 2.24) is 0 Å². The molecular weight excluding hydrogens is 208 g/mol. The van der Waals surface area contributed by atoms with Gasteiger partial charge in [-0.3, -0.25) is 0 Å². The van der Waals surface area contributed by atoms with E-state index in [4.69, 9.17) is 0 Å². The third-order valence-electron chi connectivity index (χ3n) is 3.59. The second-order valence-electron chi connectivity index (χ2n) is 5.18. The molecule has 2 unspecified atom stereocenters. The zero-order valence-electron chi connectivity index (χ0n) is 10.7. The number of benzene rings is 1. The lowest BCUT2D eigenvalue weighted by molar-refractivity contribution is 0.0892. The second kappa shape index (κ2) is 4.50. The van der Waals surface area contributed by atoms with Crippen molar-refractivity contribution in [2.45, 2.75) is 32.3 Å². The summed E-state index contributed by atoms with van der Waals surface area (Å²) >= 11 is 0. The highest BCUT2D eigenvalue weighted by molar-refractivity contribution is 5.39. The first-order valence-corrected chi connectivity index (χ1v) is 6.19. The molecule has 0 saturated heterocycles. The second-order valence-corrected chi connectivity index (χ2v) is 5.18. The van der Waals surface area contributed by atoms with Gasteiger partial charge in [0, 0.05) is 5.92 Å². The maximum atomic E-state index is 10.4. The van der Waals surface area contributed by atoms with E-state index in [9.17, 15) is 5.11 Å². The Morgan fingerprint density at radius 1 is 1.18 bits per heavy atom. The topological polar surface area (TPSA) is 20.2 Å². The summed E-state index contributed by atoms with van der Waals surface area (Å²) < 4.78 is 0. The van der Waals surface area contributed by atoms with Crippen molar-refractivity contribution in [3.8, 4) is 0 Å². The van der Waals surface area contributed by atoms with E-state index in [1.165, 1.54) is 11.1 Å². The normalized spacial score (nSPS) is 28.3. The number of aliphatic hydroxyl groups is 1. The average Bonchev–Trinajstić information content (AvgIpc) is 2.30. The SMILES string of the molecule is CC1=CC(O)(C(C)C)C=CC1c1ccccc1. The third kappa shape index (κ3) is 2.34. The average molecular weight is 228 g/mol. The molecule has 90 valence electrons. The van der Waals surface area contributed by atoms with Gasteiger partial charge in [0.2, 0.25) is 0 Å². The molecule has 2 rings (SSSR count). The van der Waals surface area contributed by atoms with E-state index in [1.54, 1.807) is 0 Å². The summed E-state index contributed by atoms with van der Waals surface area (Å²) in [7, 11) is 0. The number of allylic oxidation sites excluding steroid dienone is 2. The summed E-state index contributed by atoms with van der Waals surface area (Å²) in [5.74, 6) is 0.501. The van der Waals surface area contributed by atoms with E-state index in [0.29, 0.717) is 5.92 Å². The van der Waals surface area contributed by atoms with E-state index in [-0.39, 0.29) is 5.92 Å². The van der Waals surface area contributed by atoms with Crippen LogP contribution in [0.15, 0.2) is 54.1 Å². The van der Waals surface area contributed by atoms with Gasteiger partial charge in [0.1, 0.15) is 5.60 Å². The molecule has 0 heterocycles. The molecule has 0 radical (unpaired) electrons. The maximum absolute atomic E-state index is 10.4. The van der Waals surface area contributed by atoms with Crippen LogP contribution >= 0.6 is 0 Å². The van der Waals surface area contributed by atoms with Crippen LogP contribution in [0.5, 0.6) is 0 Å². The highest BCUT2D eigenvalue weighted by Gasteiger charge is 2.30. The van der Waals surface area contributed by atoms with Crippen LogP contribution in [0.1, 0.15) is 32.3 Å². The summed E-state index contributed by atoms with van der Waals surface area (Å²) in [4.78, 5) is 0. The molecule has 1 heteroatoms. The molecular formula is C16H20O. The molecule has 0 aliphatic heterocycles. The molecule has 0 bridgehead atoms. The zero-order chi connectivity index (χ0) is 12.5. The van der Waals surface area contributed by atoms with E-state index in [1.807, 2.05) is 32.1 Å². The first-order valence-electron chi connectivity index (χ1n) is 6.19. The van der Waals surface area contributed by atoms with E-state index in [0.717, 1.165) is 0 Å².